The summed E-state index contributed by atoms with van der Waals surface area (Å²) in [5.41, 5.74) is 5.32. The van der Waals surface area contributed by atoms with E-state index in [1.165, 1.54) is 0 Å². The van der Waals surface area contributed by atoms with E-state index in [2.05, 4.69) is 29.6 Å². The van der Waals surface area contributed by atoms with Crippen molar-refractivity contribution in [1.82, 2.24) is 5.16 Å². The molecule has 2 heterocycles. The number of hydrogen-bond donors (Lipinski definition) is 2. The van der Waals surface area contributed by atoms with Crippen molar-refractivity contribution >= 4 is 40.3 Å². The van der Waals surface area contributed by atoms with Gasteiger partial charge in [0.05, 0.1) is 39.9 Å². The van der Waals surface area contributed by atoms with Crippen LogP contribution in [0, 0.1) is 12.8 Å². The zero-order valence-corrected chi connectivity index (χ0v) is 17.9. The monoisotopic (exact) mass is 422 g/mol. The van der Waals surface area contributed by atoms with Gasteiger partial charge >= 0.3 is 0 Å². The van der Waals surface area contributed by atoms with Crippen LogP contribution >= 0.6 is 11.6 Å². The molecule has 3 aromatic rings. The minimum atomic E-state index is -0.132. The lowest BCUT2D eigenvalue weighted by molar-refractivity contribution is -0.115. The lowest BCUT2D eigenvalue weighted by Crippen LogP contribution is -2.15. The number of halogens is 1. The minimum Gasteiger partial charge on any atom is -0.384 e. The van der Waals surface area contributed by atoms with Gasteiger partial charge in [-0.3, -0.25) is 9.79 Å². The van der Waals surface area contributed by atoms with Crippen LogP contribution in [0.3, 0.4) is 0 Å². The molecule has 4 rings (SSSR count). The fraction of sp³-hybridized carbons (Fsp3) is 0.261. The summed E-state index contributed by atoms with van der Waals surface area (Å²) in [6.07, 6.45) is 0.167. The molecule has 0 bridgehead atoms. The van der Waals surface area contributed by atoms with E-state index in [-0.39, 0.29) is 12.3 Å². The summed E-state index contributed by atoms with van der Waals surface area (Å²) < 4.78 is 5.38. The molecule has 6 nitrogen and oxygen atoms in total. The molecule has 0 fully saturated rings. The topological polar surface area (TPSA) is 79.5 Å². The fourth-order valence-electron chi connectivity index (χ4n) is 3.25. The first-order chi connectivity index (χ1) is 14.4. The molecule has 154 valence electrons. The van der Waals surface area contributed by atoms with Crippen LogP contribution in [-0.2, 0) is 4.79 Å². The molecule has 7 heteroatoms. The highest BCUT2D eigenvalue weighted by molar-refractivity contribution is 6.34. The Balaban J connectivity index is 1.73. The number of aromatic nitrogens is 1. The second-order valence-corrected chi connectivity index (χ2v) is 8.23. The minimum absolute atomic E-state index is 0.132. The molecule has 0 atom stereocenters. The molecule has 1 aromatic heterocycles. The smallest absolute Gasteiger partial charge is 0.230 e. The summed E-state index contributed by atoms with van der Waals surface area (Å²) in [6.45, 7) is 6.93. The average Bonchev–Trinajstić information content (AvgIpc) is 3.07. The fourth-order valence-corrected chi connectivity index (χ4v) is 3.48. The normalized spacial score (nSPS) is 13.5. The van der Waals surface area contributed by atoms with Crippen molar-refractivity contribution in [2.24, 2.45) is 10.9 Å². The van der Waals surface area contributed by atoms with Crippen molar-refractivity contribution in [2.75, 3.05) is 17.2 Å². The third kappa shape index (κ3) is 4.39. The molecular formula is C23H23ClN4O2. The molecular weight excluding hydrogens is 400 g/mol. The van der Waals surface area contributed by atoms with Crippen molar-refractivity contribution in [3.05, 3.63) is 58.7 Å². The zero-order valence-electron chi connectivity index (χ0n) is 17.1. The Morgan fingerprint density at radius 1 is 1.20 bits per heavy atom. The first-order valence-electron chi connectivity index (χ1n) is 9.88. The second-order valence-electron chi connectivity index (χ2n) is 7.82. The molecule has 0 aliphatic carbocycles. The number of aliphatic imine (C=N–C) groups is 1. The van der Waals surface area contributed by atoms with Crippen LogP contribution in [0.5, 0.6) is 0 Å². The van der Waals surface area contributed by atoms with E-state index in [4.69, 9.17) is 21.1 Å². The van der Waals surface area contributed by atoms with E-state index in [1.54, 1.807) is 6.07 Å². The summed E-state index contributed by atoms with van der Waals surface area (Å²) in [6, 6.07) is 13.3. The van der Waals surface area contributed by atoms with E-state index >= 15 is 0 Å². The van der Waals surface area contributed by atoms with Crippen LogP contribution in [0.4, 0.5) is 17.1 Å². The number of anilines is 2. The van der Waals surface area contributed by atoms with Crippen LogP contribution < -0.4 is 10.6 Å². The van der Waals surface area contributed by atoms with Gasteiger partial charge in [-0.05, 0) is 36.6 Å². The Morgan fingerprint density at radius 2 is 2.00 bits per heavy atom. The second kappa shape index (κ2) is 8.32. The number of nitrogens with zero attached hydrogens (tertiary/aromatic N) is 2. The lowest BCUT2D eigenvalue weighted by Gasteiger charge is -2.13. The van der Waals surface area contributed by atoms with Gasteiger partial charge in [0, 0.05) is 18.2 Å². The standard InChI is InChI=1S/C23H23ClN4O2/c1-13(2)12-25-19-10-21-20(9-17(19)24)27-23(29)11-18(26-21)15-5-4-6-16(8-15)22-7-14(3)28-30-22/h4-10,13,25H,11-12H2,1-3H3,(H,27,29). The number of amides is 1. The van der Waals surface area contributed by atoms with Crippen LogP contribution in [0.15, 0.2) is 52.0 Å². The number of carbonyl (C=O) groups excluding carboxylic acids is 1. The van der Waals surface area contributed by atoms with Crippen LogP contribution in [0.1, 0.15) is 31.5 Å². The number of rotatable bonds is 5. The molecule has 30 heavy (non-hydrogen) atoms. The SMILES string of the molecule is Cc1cc(-c2cccc(C3=Nc4cc(NCC(C)C)c(Cl)cc4NC(=O)C3)c2)on1. The predicted octanol–water partition coefficient (Wildman–Crippen LogP) is 5.83. The molecule has 1 aliphatic heterocycles. The van der Waals surface area contributed by atoms with E-state index in [1.807, 2.05) is 43.3 Å². The van der Waals surface area contributed by atoms with Gasteiger partial charge in [-0.1, -0.05) is 48.8 Å². The van der Waals surface area contributed by atoms with Crippen molar-refractivity contribution in [2.45, 2.75) is 27.2 Å². The Kier molecular flexibility index (Phi) is 5.59. The molecule has 0 radical (unpaired) electrons. The Hall–Kier alpha value is -3.12. The number of fused-ring (bicyclic) bond motifs is 1. The van der Waals surface area contributed by atoms with Gasteiger partial charge in [-0.25, -0.2) is 0 Å². The summed E-state index contributed by atoms with van der Waals surface area (Å²) in [7, 11) is 0. The van der Waals surface area contributed by atoms with Gasteiger partial charge in [0.1, 0.15) is 0 Å². The van der Waals surface area contributed by atoms with Gasteiger partial charge in [0.15, 0.2) is 5.76 Å². The van der Waals surface area contributed by atoms with Gasteiger partial charge in [-0.15, -0.1) is 0 Å². The maximum Gasteiger partial charge on any atom is 0.230 e. The van der Waals surface area contributed by atoms with Gasteiger partial charge < -0.3 is 15.2 Å². The molecule has 2 aromatic carbocycles. The predicted molar refractivity (Wildman–Crippen MR) is 121 cm³/mol. The largest absolute Gasteiger partial charge is 0.384 e. The van der Waals surface area contributed by atoms with Crippen LogP contribution in [0.2, 0.25) is 5.02 Å². The quantitative estimate of drug-likeness (QED) is 0.541. The summed E-state index contributed by atoms with van der Waals surface area (Å²) in [4.78, 5) is 17.3. The van der Waals surface area contributed by atoms with Gasteiger partial charge in [0.2, 0.25) is 5.91 Å². The Morgan fingerprint density at radius 3 is 2.73 bits per heavy atom. The third-order valence-corrected chi connectivity index (χ3v) is 5.06. The van der Waals surface area contributed by atoms with Crippen LogP contribution in [-0.4, -0.2) is 23.3 Å². The molecule has 2 N–H and O–H groups in total. The molecule has 1 amide bonds. The number of carbonyl (C=O) groups is 1. The lowest BCUT2D eigenvalue weighted by atomic mass is 10.0. The highest BCUT2D eigenvalue weighted by atomic mass is 35.5. The molecule has 0 spiro atoms. The Bertz CT molecular complexity index is 1130. The molecule has 1 aliphatic rings. The van der Waals surface area contributed by atoms with Crippen molar-refractivity contribution < 1.29 is 9.32 Å². The van der Waals surface area contributed by atoms with Gasteiger partial charge in [-0.2, -0.15) is 0 Å². The third-order valence-electron chi connectivity index (χ3n) is 4.75. The highest BCUT2D eigenvalue weighted by Crippen LogP contribution is 2.37. The van der Waals surface area contributed by atoms with E-state index in [0.29, 0.717) is 33.8 Å². The summed E-state index contributed by atoms with van der Waals surface area (Å²) in [5, 5.41) is 10.8. The van der Waals surface area contributed by atoms with E-state index in [0.717, 1.165) is 29.1 Å². The van der Waals surface area contributed by atoms with E-state index in [9.17, 15) is 4.79 Å². The highest BCUT2D eigenvalue weighted by Gasteiger charge is 2.20. The number of benzene rings is 2. The number of nitrogens with one attached hydrogen (secondary N) is 2. The number of aryl methyl sites for hydroxylation is 1. The first-order valence-corrected chi connectivity index (χ1v) is 10.3. The summed E-state index contributed by atoms with van der Waals surface area (Å²) in [5.74, 6) is 1.02. The first kappa shape index (κ1) is 20.2. The van der Waals surface area contributed by atoms with Crippen molar-refractivity contribution in [1.29, 1.82) is 0 Å². The van der Waals surface area contributed by atoms with Gasteiger partial charge in [0.25, 0.3) is 0 Å². The van der Waals surface area contributed by atoms with Crippen molar-refractivity contribution in [3.63, 3.8) is 0 Å². The van der Waals surface area contributed by atoms with Crippen LogP contribution in [0.25, 0.3) is 11.3 Å². The maximum absolute atomic E-state index is 12.5. The average molecular weight is 423 g/mol. The number of hydrogen-bond acceptors (Lipinski definition) is 5. The maximum atomic E-state index is 12.5. The molecule has 0 saturated carbocycles. The summed E-state index contributed by atoms with van der Waals surface area (Å²) >= 11 is 6.41. The van der Waals surface area contributed by atoms with Crippen molar-refractivity contribution in [3.8, 4) is 11.3 Å². The van der Waals surface area contributed by atoms with E-state index < -0.39 is 0 Å². The molecule has 0 saturated heterocycles. The zero-order chi connectivity index (χ0) is 21.3. The molecule has 0 unspecified atom stereocenters. The Labute approximate surface area is 180 Å².